The second-order valence-corrected chi connectivity index (χ2v) is 8.46. The summed E-state index contributed by atoms with van der Waals surface area (Å²) in [6.45, 7) is 0.310. The topological polar surface area (TPSA) is 59.9 Å². The molecule has 1 N–H and O–H groups in total. The molecule has 3 rings (SSSR count). The minimum atomic E-state index is -4.65. The molecule has 3 aromatic rings. The van der Waals surface area contributed by atoms with Gasteiger partial charge in [-0.2, -0.15) is 18.3 Å². The average Bonchev–Trinajstić information content (AvgIpc) is 2.78. The Bertz CT molecular complexity index is 1170. The zero-order chi connectivity index (χ0) is 24.0. The van der Waals surface area contributed by atoms with E-state index in [2.05, 4.69) is 42.4 Å². The summed E-state index contributed by atoms with van der Waals surface area (Å²) >= 11 is 6.81. The van der Waals surface area contributed by atoms with E-state index >= 15 is 0 Å². The molecule has 0 atom stereocenters. The van der Waals surface area contributed by atoms with E-state index in [-0.39, 0.29) is 0 Å². The Morgan fingerprint density at radius 1 is 1.09 bits per heavy atom. The molecule has 0 saturated heterocycles. The van der Waals surface area contributed by atoms with Gasteiger partial charge in [-0.1, -0.05) is 40.2 Å². The van der Waals surface area contributed by atoms with Crippen LogP contribution in [0.15, 0.2) is 74.7 Å². The summed E-state index contributed by atoms with van der Waals surface area (Å²) in [6, 6.07) is 15.5. The molecule has 5 nitrogen and oxygen atoms in total. The van der Waals surface area contributed by atoms with Crippen molar-refractivity contribution in [3.8, 4) is 11.5 Å². The number of benzene rings is 3. The molecule has 0 aliphatic carbocycles. The summed E-state index contributed by atoms with van der Waals surface area (Å²) < 4.78 is 52.1. The third-order valence-corrected chi connectivity index (χ3v) is 5.52. The highest BCUT2D eigenvalue weighted by Crippen LogP contribution is 2.37. The van der Waals surface area contributed by atoms with Crippen molar-refractivity contribution in [1.82, 2.24) is 5.43 Å². The Labute approximate surface area is 204 Å². The second kappa shape index (κ2) is 10.8. The molecule has 0 fully saturated rings. The van der Waals surface area contributed by atoms with Crippen molar-refractivity contribution in [1.29, 1.82) is 0 Å². The normalized spacial score (nSPS) is 11.5. The predicted molar refractivity (Wildman–Crippen MR) is 126 cm³/mol. The number of hydrazone groups is 1. The lowest BCUT2D eigenvalue weighted by Gasteiger charge is -2.14. The number of rotatable bonds is 7. The molecule has 0 aliphatic heterocycles. The molecule has 0 aliphatic rings. The average molecular weight is 586 g/mol. The number of alkyl halides is 3. The van der Waals surface area contributed by atoms with E-state index in [0.717, 1.165) is 22.2 Å². The number of carbonyl (C=O) groups excluding carboxylic acids is 1. The molecular weight excluding hydrogens is 569 g/mol. The van der Waals surface area contributed by atoms with Crippen molar-refractivity contribution >= 4 is 44.0 Å². The number of halogens is 5. The van der Waals surface area contributed by atoms with E-state index in [9.17, 15) is 18.0 Å². The van der Waals surface area contributed by atoms with Crippen molar-refractivity contribution in [2.45, 2.75) is 12.8 Å². The van der Waals surface area contributed by atoms with Gasteiger partial charge >= 0.3 is 6.18 Å². The van der Waals surface area contributed by atoms with Crippen molar-refractivity contribution in [2.75, 3.05) is 7.11 Å². The maximum Gasteiger partial charge on any atom is 0.417 e. The molecule has 0 saturated carbocycles. The monoisotopic (exact) mass is 584 g/mol. The minimum absolute atomic E-state index is 0.310. The Hall–Kier alpha value is -2.85. The van der Waals surface area contributed by atoms with E-state index in [1.165, 1.54) is 25.5 Å². The molecule has 0 radical (unpaired) electrons. The number of hydrogen-bond donors (Lipinski definition) is 1. The Morgan fingerprint density at radius 3 is 2.45 bits per heavy atom. The first-order valence-corrected chi connectivity index (χ1v) is 11.0. The van der Waals surface area contributed by atoms with E-state index in [4.69, 9.17) is 9.47 Å². The summed E-state index contributed by atoms with van der Waals surface area (Å²) in [5.74, 6) is -0.0861. The molecule has 0 unspecified atom stereocenters. The van der Waals surface area contributed by atoms with Crippen molar-refractivity contribution in [3.63, 3.8) is 0 Å². The summed E-state index contributed by atoms with van der Waals surface area (Å²) in [6.07, 6.45) is -3.36. The Kier molecular flexibility index (Phi) is 8.15. The quantitative estimate of drug-likeness (QED) is 0.252. The van der Waals surface area contributed by atoms with Crippen molar-refractivity contribution in [3.05, 3.63) is 91.9 Å². The Morgan fingerprint density at radius 2 is 1.79 bits per heavy atom. The molecule has 33 heavy (non-hydrogen) atoms. The maximum atomic E-state index is 13.1. The molecule has 172 valence electrons. The van der Waals surface area contributed by atoms with Crippen LogP contribution >= 0.6 is 31.9 Å². The molecule has 0 spiro atoms. The third kappa shape index (κ3) is 6.58. The van der Waals surface area contributed by atoms with Crippen molar-refractivity contribution in [2.24, 2.45) is 5.10 Å². The second-order valence-electron chi connectivity index (χ2n) is 6.69. The van der Waals surface area contributed by atoms with Gasteiger partial charge in [-0.05, 0) is 63.5 Å². The van der Waals surface area contributed by atoms with Gasteiger partial charge in [-0.3, -0.25) is 4.79 Å². The van der Waals surface area contributed by atoms with Gasteiger partial charge in [0.2, 0.25) is 0 Å². The van der Waals surface area contributed by atoms with E-state index in [1.54, 1.807) is 12.1 Å². The fraction of sp³-hybridized carbons (Fsp3) is 0.130. The molecular formula is C23H17Br2F3N2O3. The fourth-order valence-electron chi connectivity index (χ4n) is 2.84. The number of carbonyl (C=O) groups is 1. The summed E-state index contributed by atoms with van der Waals surface area (Å²) in [4.78, 5) is 12.2. The number of amides is 1. The molecule has 0 aromatic heterocycles. The molecule has 1 amide bonds. The van der Waals surface area contributed by atoms with E-state index in [0.29, 0.717) is 28.1 Å². The van der Waals surface area contributed by atoms with Crippen LogP contribution in [-0.4, -0.2) is 19.2 Å². The van der Waals surface area contributed by atoms with Crippen LogP contribution in [0.2, 0.25) is 0 Å². The lowest BCUT2D eigenvalue weighted by molar-refractivity contribution is -0.137. The lowest BCUT2D eigenvalue weighted by atomic mass is 10.1. The zero-order valence-electron chi connectivity index (χ0n) is 17.1. The first kappa shape index (κ1) is 24.8. The molecule has 10 heteroatoms. The van der Waals surface area contributed by atoms with Crippen molar-refractivity contribution < 1.29 is 27.4 Å². The largest absolute Gasteiger partial charge is 0.493 e. The van der Waals surface area contributed by atoms with Crippen LogP contribution in [0.3, 0.4) is 0 Å². The predicted octanol–water partition coefficient (Wildman–Crippen LogP) is 6.58. The van der Waals surface area contributed by atoms with Crippen LogP contribution in [0.1, 0.15) is 27.0 Å². The highest BCUT2D eigenvalue weighted by Gasteiger charge is 2.34. The summed E-state index contributed by atoms with van der Waals surface area (Å²) in [7, 11) is 1.48. The molecule has 3 aromatic carbocycles. The van der Waals surface area contributed by atoms with Gasteiger partial charge in [-0.15, -0.1) is 0 Å². The van der Waals surface area contributed by atoms with Gasteiger partial charge in [-0.25, -0.2) is 5.43 Å². The van der Waals surface area contributed by atoms with Gasteiger partial charge < -0.3 is 9.47 Å². The number of nitrogens with zero attached hydrogens (tertiary/aromatic N) is 1. The maximum absolute atomic E-state index is 13.1. The molecule has 0 bridgehead atoms. The zero-order valence-corrected chi connectivity index (χ0v) is 20.3. The summed E-state index contributed by atoms with van der Waals surface area (Å²) in [5.41, 5.74) is 2.06. The van der Waals surface area contributed by atoms with Crippen LogP contribution < -0.4 is 14.9 Å². The molecule has 0 heterocycles. The first-order valence-electron chi connectivity index (χ1n) is 9.43. The number of nitrogens with one attached hydrogen (secondary N) is 1. The highest BCUT2D eigenvalue weighted by molar-refractivity contribution is 9.10. The number of ether oxygens (including phenoxy) is 2. The van der Waals surface area contributed by atoms with Crippen LogP contribution in [-0.2, 0) is 12.8 Å². The third-order valence-electron chi connectivity index (χ3n) is 4.41. The van der Waals surface area contributed by atoms with Crippen LogP contribution in [0.25, 0.3) is 0 Å². The minimum Gasteiger partial charge on any atom is -0.493 e. The van der Waals surface area contributed by atoms with Crippen LogP contribution in [0.4, 0.5) is 13.2 Å². The van der Waals surface area contributed by atoms with Crippen LogP contribution in [0, 0.1) is 0 Å². The van der Waals surface area contributed by atoms with Gasteiger partial charge in [0.15, 0.2) is 11.5 Å². The van der Waals surface area contributed by atoms with E-state index in [1.807, 2.05) is 24.3 Å². The standard InChI is InChI=1S/C23H17Br2F3N2O3/c1-32-20-11-15(10-19(25)21(20)33-13-14-6-8-16(24)9-7-14)12-29-30-22(31)17-4-2-3-5-18(17)23(26,27)28/h2-12H,13H2,1H3,(H,30,31)/b29-12+. The summed E-state index contributed by atoms with van der Waals surface area (Å²) in [5, 5.41) is 3.78. The highest BCUT2D eigenvalue weighted by atomic mass is 79.9. The van der Waals surface area contributed by atoms with Crippen LogP contribution in [0.5, 0.6) is 11.5 Å². The van der Waals surface area contributed by atoms with Gasteiger partial charge in [0.25, 0.3) is 5.91 Å². The fourth-order valence-corrected chi connectivity index (χ4v) is 3.68. The lowest BCUT2D eigenvalue weighted by Crippen LogP contribution is -2.22. The Balaban J connectivity index is 1.72. The number of methoxy groups -OCH3 is 1. The SMILES string of the molecule is COc1cc(/C=N/NC(=O)c2ccccc2C(F)(F)F)cc(Br)c1OCc1ccc(Br)cc1. The van der Waals surface area contributed by atoms with Gasteiger partial charge in [0.05, 0.1) is 28.9 Å². The first-order chi connectivity index (χ1) is 15.7. The van der Waals surface area contributed by atoms with Gasteiger partial charge in [0.1, 0.15) is 6.61 Å². The smallest absolute Gasteiger partial charge is 0.417 e. The van der Waals surface area contributed by atoms with Gasteiger partial charge in [0, 0.05) is 4.47 Å². The number of hydrogen-bond acceptors (Lipinski definition) is 4. The van der Waals surface area contributed by atoms with E-state index < -0.39 is 23.2 Å².